The predicted octanol–water partition coefficient (Wildman–Crippen LogP) is 3.54. The summed E-state index contributed by atoms with van der Waals surface area (Å²) in [5, 5.41) is 15.6. The van der Waals surface area contributed by atoms with E-state index in [1.165, 1.54) is 11.3 Å². The Morgan fingerprint density at radius 2 is 2.14 bits per heavy atom. The zero-order valence-corrected chi connectivity index (χ0v) is 12.7. The van der Waals surface area contributed by atoms with Crippen molar-refractivity contribution in [3.05, 3.63) is 40.8 Å². The van der Waals surface area contributed by atoms with Crippen LogP contribution in [0, 0.1) is 11.3 Å². The first-order valence-electron chi connectivity index (χ1n) is 6.66. The normalized spacial score (nSPS) is 11.5. The van der Waals surface area contributed by atoms with E-state index >= 15 is 0 Å². The fourth-order valence-electron chi connectivity index (χ4n) is 1.77. The van der Waals surface area contributed by atoms with E-state index in [4.69, 9.17) is 5.26 Å². The van der Waals surface area contributed by atoms with E-state index < -0.39 is 0 Å². The van der Waals surface area contributed by atoms with Gasteiger partial charge in [-0.25, -0.2) is 4.98 Å². The van der Waals surface area contributed by atoms with Gasteiger partial charge in [0.1, 0.15) is 6.07 Å². The summed E-state index contributed by atoms with van der Waals surface area (Å²) in [4.78, 5) is 16.1. The summed E-state index contributed by atoms with van der Waals surface area (Å²) in [5.74, 6) is 0.177. The molecule has 0 radical (unpaired) electrons. The molecular weight excluding hydrogens is 284 g/mol. The number of hydrogen-bond acceptors (Lipinski definition) is 5. The fourth-order valence-corrected chi connectivity index (χ4v) is 2.58. The van der Waals surface area contributed by atoms with Gasteiger partial charge >= 0.3 is 0 Å². The lowest BCUT2D eigenvalue weighted by atomic mass is 10.1. The minimum atomic E-state index is -0.153. The molecule has 0 fully saturated rings. The summed E-state index contributed by atoms with van der Waals surface area (Å²) in [5.41, 5.74) is 1.13. The van der Waals surface area contributed by atoms with Crippen LogP contribution in [-0.2, 0) is 4.79 Å². The zero-order chi connectivity index (χ0) is 15.2. The lowest BCUT2D eigenvalue weighted by Crippen LogP contribution is -2.11. The molecule has 21 heavy (non-hydrogen) atoms. The van der Waals surface area contributed by atoms with Gasteiger partial charge in [0, 0.05) is 6.42 Å². The number of nitrogens with zero attached hydrogens (tertiary/aromatic N) is 2. The molecule has 1 amide bonds. The highest BCUT2D eigenvalue weighted by Crippen LogP contribution is 2.29. The topological polar surface area (TPSA) is 77.8 Å². The van der Waals surface area contributed by atoms with Crippen molar-refractivity contribution >= 4 is 28.2 Å². The summed E-state index contributed by atoms with van der Waals surface area (Å²) in [7, 11) is 0. The Kier molecular flexibility index (Phi) is 4.90. The number of anilines is 2. The second-order valence-corrected chi connectivity index (χ2v) is 5.49. The van der Waals surface area contributed by atoms with Crippen LogP contribution in [0.1, 0.15) is 36.8 Å². The number of benzene rings is 1. The van der Waals surface area contributed by atoms with Crippen LogP contribution in [0.3, 0.4) is 0 Å². The van der Waals surface area contributed by atoms with E-state index in [1.807, 2.05) is 37.3 Å². The van der Waals surface area contributed by atoms with Crippen LogP contribution in [0.15, 0.2) is 30.3 Å². The zero-order valence-electron chi connectivity index (χ0n) is 11.9. The Bertz CT molecular complexity index is 660. The first kappa shape index (κ1) is 15.0. The molecule has 6 heteroatoms. The maximum absolute atomic E-state index is 11.4. The number of carbonyl (C=O) groups is 1. The number of rotatable bonds is 5. The molecule has 2 aromatic rings. The van der Waals surface area contributed by atoms with Gasteiger partial charge < -0.3 is 10.6 Å². The largest absolute Gasteiger partial charge is 0.355 e. The molecule has 2 rings (SSSR count). The quantitative estimate of drug-likeness (QED) is 0.885. The second-order valence-electron chi connectivity index (χ2n) is 4.49. The third kappa shape index (κ3) is 3.80. The molecule has 0 unspecified atom stereocenters. The monoisotopic (exact) mass is 300 g/mol. The number of amides is 1. The van der Waals surface area contributed by atoms with Crippen LogP contribution in [0.5, 0.6) is 0 Å². The van der Waals surface area contributed by atoms with Crippen LogP contribution >= 0.6 is 11.3 Å². The summed E-state index contributed by atoms with van der Waals surface area (Å²) in [6.07, 6.45) is 0.353. The summed E-state index contributed by atoms with van der Waals surface area (Å²) in [6, 6.07) is 12.1. The number of nitriles is 1. The second kappa shape index (κ2) is 6.86. The summed E-state index contributed by atoms with van der Waals surface area (Å²) in [6.45, 7) is 3.78. The lowest BCUT2D eigenvalue weighted by molar-refractivity contribution is -0.115. The van der Waals surface area contributed by atoms with Gasteiger partial charge in [-0.15, -0.1) is 0 Å². The third-order valence-corrected chi connectivity index (χ3v) is 3.84. The van der Waals surface area contributed by atoms with Crippen molar-refractivity contribution in [3.8, 4) is 6.07 Å². The Labute approximate surface area is 127 Å². The SMILES string of the molecule is CCC(=O)Nc1nc(N[C@@H](C)c2ccccc2)sc1C#N. The molecule has 1 heterocycles. The van der Waals surface area contributed by atoms with Crippen LogP contribution in [0.25, 0.3) is 0 Å². The molecule has 0 aliphatic rings. The van der Waals surface area contributed by atoms with E-state index in [0.717, 1.165) is 5.56 Å². The molecule has 0 bridgehead atoms. The molecule has 2 N–H and O–H groups in total. The minimum absolute atomic E-state index is 0.0682. The van der Waals surface area contributed by atoms with E-state index in [-0.39, 0.29) is 11.9 Å². The van der Waals surface area contributed by atoms with Gasteiger partial charge in [0.2, 0.25) is 5.91 Å². The van der Waals surface area contributed by atoms with Gasteiger partial charge in [-0.2, -0.15) is 5.26 Å². The van der Waals surface area contributed by atoms with Crippen molar-refractivity contribution in [2.24, 2.45) is 0 Å². The smallest absolute Gasteiger partial charge is 0.225 e. The third-order valence-electron chi connectivity index (χ3n) is 2.95. The number of carbonyl (C=O) groups excluding carboxylic acids is 1. The number of hydrogen-bond donors (Lipinski definition) is 2. The van der Waals surface area contributed by atoms with E-state index in [2.05, 4.69) is 21.7 Å². The van der Waals surface area contributed by atoms with Gasteiger partial charge in [0.25, 0.3) is 0 Å². The molecule has 0 saturated heterocycles. The van der Waals surface area contributed by atoms with Gasteiger partial charge in [-0.3, -0.25) is 4.79 Å². The summed E-state index contributed by atoms with van der Waals surface area (Å²) >= 11 is 1.24. The molecule has 0 spiro atoms. The van der Waals surface area contributed by atoms with Crippen LogP contribution in [0.2, 0.25) is 0 Å². The highest BCUT2D eigenvalue weighted by Gasteiger charge is 2.14. The average Bonchev–Trinajstić information content (AvgIpc) is 2.89. The van der Waals surface area contributed by atoms with Crippen LogP contribution < -0.4 is 10.6 Å². The Morgan fingerprint density at radius 3 is 2.76 bits per heavy atom. The van der Waals surface area contributed by atoms with E-state index in [0.29, 0.717) is 22.2 Å². The maximum Gasteiger partial charge on any atom is 0.225 e. The van der Waals surface area contributed by atoms with Gasteiger partial charge in [-0.05, 0) is 12.5 Å². The van der Waals surface area contributed by atoms with E-state index in [9.17, 15) is 4.79 Å². The van der Waals surface area contributed by atoms with Crippen LogP contribution in [0.4, 0.5) is 10.9 Å². The molecule has 0 aliphatic carbocycles. The van der Waals surface area contributed by atoms with Crippen LogP contribution in [-0.4, -0.2) is 10.9 Å². The molecule has 1 aromatic carbocycles. The summed E-state index contributed by atoms with van der Waals surface area (Å²) < 4.78 is 0. The molecule has 108 valence electrons. The molecule has 0 aliphatic heterocycles. The molecular formula is C15H16N4OS. The first-order chi connectivity index (χ1) is 10.1. The number of thiazole rings is 1. The van der Waals surface area contributed by atoms with Crippen molar-refractivity contribution < 1.29 is 4.79 Å². The highest BCUT2D eigenvalue weighted by molar-refractivity contribution is 7.16. The highest BCUT2D eigenvalue weighted by atomic mass is 32.1. The Hall–Kier alpha value is -2.39. The Morgan fingerprint density at radius 1 is 1.43 bits per heavy atom. The van der Waals surface area contributed by atoms with Gasteiger partial charge in [0.05, 0.1) is 6.04 Å². The van der Waals surface area contributed by atoms with Crippen molar-refractivity contribution in [2.45, 2.75) is 26.3 Å². The van der Waals surface area contributed by atoms with Gasteiger partial charge in [-0.1, -0.05) is 48.6 Å². The average molecular weight is 300 g/mol. The van der Waals surface area contributed by atoms with Crippen molar-refractivity contribution in [2.75, 3.05) is 10.6 Å². The fraction of sp³-hybridized carbons (Fsp3) is 0.267. The van der Waals surface area contributed by atoms with Crippen molar-refractivity contribution in [1.29, 1.82) is 5.26 Å². The molecule has 1 atom stereocenters. The van der Waals surface area contributed by atoms with E-state index in [1.54, 1.807) is 6.92 Å². The lowest BCUT2D eigenvalue weighted by Gasteiger charge is -2.12. The predicted molar refractivity (Wildman–Crippen MR) is 84.2 cm³/mol. The van der Waals surface area contributed by atoms with Crippen molar-refractivity contribution in [1.82, 2.24) is 4.98 Å². The standard InChI is InChI=1S/C15H16N4OS/c1-3-13(20)18-14-12(9-16)21-15(19-14)17-10(2)11-7-5-4-6-8-11/h4-8,10H,3H2,1-2H3,(H,17,19)(H,18,20)/t10-/m0/s1. The van der Waals surface area contributed by atoms with Crippen molar-refractivity contribution in [3.63, 3.8) is 0 Å². The molecule has 0 saturated carbocycles. The number of nitrogens with one attached hydrogen (secondary N) is 2. The first-order valence-corrected chi connectivity index (χ1v) is 7.48. The molecule has 5 nitrogen and oxygen atoms in total. The molecule has 1 aromatic heterocycles. The maximum atomic E-state index is 11.4. The van der Waals surface area contributed by atoms with Gasteiger partial charge in [0.15, 0.2) is 15.8 Å². The number of aromatic nitrogens is 1. The Balaban J connectivity index is 2.14. The minimum Gasteiger partial charge on any atom is -0.355 e.